The van der Waals surface area contributed by atoms with Gasteiger partial charge in [0.05, 0.1) is 6.61 Å². The SMILES string of the molecule is C=C(C)C(=O)OCCOCCCO[Si](O[Si](C)(C)C)(O[Si](C)(C)C)O[Si](C)(C)C. The predicted molar refractivity (Wildman–Crippen MR) is 126 cm³/mol. The second kappa shape index (κ2) is 12.1. The number of carbonyl (C=O) groups excluding carboxylic acids is 1. The molecule has 0 saturated carbocycles. The van der Waals surface area contributed by atoms with Crippen molar-refractivity contribution in [3.8, 4) is 0 Å². The van der Waals surface area contributed by atoms with Gasteiger partial charge in [-0.05, 0) is 72.3 Å². The number of ether oxygens (including phenoxy) is 2. The van der Waals surface area contributed by atoms with Crippen LogP contribution in [0.2, 0.25) is 58.9 Å². The third-order valence-corrected chi connectivity index (χ3v) is 13.7. The summed E-state index contributed by atoms with van der Waals surface area (Å²) in [5.41, 5.74) is 0.381. The summed E-state index contributed by atoms with van der Waals surface area (Å²) < 4.78 is 36.1. The molecule has 29 heavy (non-hydrogen) atoms. The van der Waals surface area contributed by atoms with E-state index in [4.69, 9.17) is 26.2 Å². The Bertz CT molecular complexity index is 481. The zero-order valence-electron chi connectivity index (χ0n) is 20.1. The standard InChI is InChI=1S/C18H42O7Si4/c1-17(2)18(19)21-16-15-20-13-12-14-22-29(23-26(3,4)5,24-27(6,7)8)25-28(9,10)11/h1,12-16H2,2-11H3. The van der Waals surface area contributed by atoms with Gasteiger partial charge in [0, 0.05) is 18.8 Å². The minimum atomic E-state index is -3.25. The molecule has 0 amide bonds. The second-order valence-corrected chi connectivity index (χ2v) is 26.3. The van der Waals surface area contributed by atoms with Crippen LogP contribution >= 0.6 is 0 Å². The van der Waals surface area contributed by atoms with E-state index in [-0.39, 0.29) is 6.61 Å². The van der Waals surface area contributed by atoms with Crippen LogP contribution in [0.25, 0.3) is 0 Å². The molecular weight excluding hydrogens is 441 g/mol. The summed E-state index contributed by atoms with van der Waals surface area (Å²) in [6.07, 6.45) is 0.669. The lowest BCUT2D eigenvalue weighted by Gasteiger charge is -2.40. The van der Waals surface area contributed by atoms with E-state index >= 15 is 0 Å². The lowest BCUT2D eigenvalue weighted by molar-refractivity contribution is -0.140. The van der Waals surface area contributed by atoms with Gasteiger partial charge >= 0.3 is 15.0 Å². The molecule has 0 spiro atoms. The fraction of sp³-hybridized carbons (Fsp3) is 0.833. The number of esters is 1. The fourth-order valence-electron chi connectivity index (χ4n) is 2.05. The number of rotatable bonds is 15. The fourth-order valence-corrected chi connectivity index (χ4v) is 13.8. The van der Waals surface area contributed by atoms with Crippen molar-refractivity contribution in [2.75, 3.05) is 26.4 Å². The molecular formula is C18H42O7Si4. The van der Waals surface area contributed by atoms with Crippen LogP contribution in [-0.2, 0) is 31.0 Å². The summed E-state index contributed by atoms with van der Waals surface area (Å²) in [5, 5.41) is 0. The Morgan fingerprint density at radius 2 is 1.17 bits per heavy atom. The molecule has 0 aromatic heterocycles. The molecule has 0 atom stereocenters. The van der Waals surface area contributed by atoms with Gasteiger partial charge in [0.25, 0.3) is 0 Å². The first-order valence-corrected chi connectivity index (χ1v) is 22.0. The third-order valence-electron chi connectivity index (χ3n) is 2.81. The smallest absolute Gasteiger partial charge is 0.460 e. The van der Waals surface area contributed by atoms with Crippen molar-refractivity contribution in [3.05, 3.63) is 12.2 Å². The van der Waals surface area contributed by atoms with Crippen LogP contribution in [0.4, 0.5) is 0 Å². The Morgan fingerprint density at radius 1 is 0.724 bits per heavy atom. The van der Waals surface area contributed by atoms with Crippen molar-refractivity contribution in [3.63, 3.8) is 0 Å². The molecule has 0 heterocycles. The first-order chi connectivity index (χ1) is 12.9. The Balaban J connectivity index is 4.75. The largest absolute Gasteiger partial charge is 0.647 e. The monoisotopic (exact) mass is 482 g/mol. The maximum atomic E-state index is 11.3. The van der Waals surface area contributed by atoms with E-state index in [1.54, 1.807) is 6.92 Å². The van der Waals surface area contributed by atoms with Crippen LogP contribution in [0.5, 0.6) is 0 Å². The molecule has 0 aromatic rings. The highest BCUT2D eigenvalue weighted by Gasteiger charge is 2.53. The molecule has 0 rings (SSSR count). The van der Waals surface area contributed by atoms with Crippen LogP contribution in [0.3, 0.4) is 0 Å². The molecule has 172 valence electrons. The highest BCUT2D eigenvalue weighted by atomic mass is 28.5. The van der Waals surface area contributed by atoms with Crippen molar-refractivity contribution in [2.24, 2.45) is 0 Å². The van der Waals surface area contributed by atoms with Crippen molar-refractivity contribution >= 4 is 40.0 Å². The van der Waals surface area contributed by atoms with E-state index in [9.17, 15) is 4.79 Å². The maximum Gasteiger partial charge on any atom is 0.647 e. The second-order valence-electron chi connectivity index (χ2n) is 9.87. The van der Waals surface area contributed by atoms with Crippen molar-refractivity contribution in [2.45, 2.75) is 72.3 Å². The summed E-state index contributed by atoms with van der Waals surface area (Å²) >= 11 is 0. The Morgan fingerprint density at radius 3 is 1.55 bits per heavy atom. The minimum Gasteiger partial charge on any atom is -0.460 e. The summed E-state index contributed by atoms with van der Waals surface area (Å²) in [6, 6.07) is 0. The molecule has 0 aromatic carbocycles. The first kappa shape index (κ1) is 28.9. The van der Waals surface area contributed by atoms with E-state index in [1.165, 1.54) is 0 Å². The van der Waals surface area contributed by atoms with Gasteiger partial charge in [0.2, 0.25) is 0 Å². The van der Waals surface area contributed by atoms with Crippen molar-refractivity contribution < 1.29 is 31.0 Å². The molecule has 7 nitrogen and oxygen atoms in total. The summed E-state index contributed by atoms with van der Waals surface area (Å²) in [6.45, 7) is 25.7. The molecule has 0 fully saturated rings. The van der Waals surface area contributed by atoms with Gasteiger partial charge in [-0.2, -0.15) is 0 Å². The van der Waals surface area contributed by atoms with Crippen LogP contribution in [-0.4, -0.2) is 66.4 Å². The maximum absolute atomic E-state index is 11.3. The van der Waals surface area contributed by atoms with Crippen LogP contribution in [0.15, 0.2) is 12.2 Å². The number of carbonyl (C=O) groups is 1. The quantitative estimate of drug-likeness (QED) is 0.147. The van der Waals surface area contributed by atoms with Crippen molar-refractivity contribution in [1.29, 1.82) is 0 Å². The minimum absolute atomic E-state index is 0.210. The molecule has 0 N–H and O–H groups in total. The van der Waals surface area contributed by atoms with Crippen LogP contribution in [0, 0.1) is 0 Å². The molecule has 0 radical (unpaired) electrons. The first-order valence-electron chi connectivity index (χ1n) is 10.1. The molecule has 11 heteroatoms. The molecule has 0 aliphatic rings. The summed E-state index contributed by atoms with van der Waals surface area (Å²) in [5.74, 6) is -0.400. The van der Waals surface area contributed by atoms with E-state index in [0.717, 1.165) is 0 Å². The molecule has 0 saturated heterocycles. The normalized spacial score (nSPS) is 13.4. The van der Waals surface area contributed by atoms with E-state index in [1.807, 2.05) is 0 Å². The zero-order valence-corrected chi connectivity index (χ0v) is 24.1. The Labute approximate surface area is 181 Å². The van der Waals surface area contributed by atoms with Crippen LogP contribution < -0.4 is 0 Å². The van der Waals surface area contributed by atoms with Gasteiger partial charge in [-0.1, -0.05) is 6.58 Å². The molecule has 0 aliphatic heterocycles. The molecule has 0 unspecified atom stereocenters. The lowest BCUT2D eigenvalue weighted by atomic mass is 10.4. The van der Waals surface area contributed by atoms with Gasteiger partial charge in [-0.25, -0.2) is 4.79 Å². The Kier molecular flexibility index (Phi) is 12.0. The predicted octanol–water partition coefficient (Wildman–Crippen LogP) is 4.52. The highest BCUT2D eigenvalue weighted by Crippen LogP contribution is 2.26. The van der Waals surface area contributed by atoms with Gasteiger partial charge in [-0.3, -0.25) is 0 Å². The lowest BCUT2D eigenvalue weighted by Crippen LogP contribution is -2.62. The van der Waals surface area contributed by atoms with Gasteiger partial charge in [-0.15, -0.1) is 0 Å². The average Bonchev–Trinajstić information content (AvgIpc) is 2.43. The summed E-state index contributed by atoms with van der Waals surface area (Å²) in [7, 11) is -9.12. The van der Waals surface area contributed by atoms with Gasteiger partial charge in [0.1, 0.15) is 6.61 Å². The van der Waals surface area contributed by atoms with Crippen molar-refractivity contribution in [1.82, 2.24) is 0 Å². The number of hydrogen-bond acceptors (Lipinski definition) is 7. The van der Waals surface area contributed by atoms with Crippen LogP contribution in [0.1, 0.15) is 13.3 Å². The average molecular weight is 483 g/mol. The topological polar surface area (TPSA) is 72.5 Å². The van der Waals surface area contributed by atoms with Gasteiger partial charge in [0.15, 0.2) is 25.0 Å². The zero-order chi connectivity index (χ0) is 22.9. The van der Waals surface area contributed by atoms with E-state index in [0.29, 0.717) is 31.8 Å². The summed E-state index contributed by atoms with van der Waals surface area (Å²) in [4.78, 5) is 11.3. The third kappa shape index (κ3) is 16.3. The molecule has 0 aliphatic carbocycles. The van der Waals surface area contributed by atoms with E-state index < -0.39 is 40.0 Å². The highest BCUT2D eigenvalue weighted by molar-refractivity contribution is 6.87. The Hall–Kier alpha value is -0.122. The molecule has 0 bridgehead atoms. The number of hydrogen-bond donors (Lipinski definition) is 0. The van der Waals surface area contributed by atoms with Gasteiger partial charge < -0.3 is 26.2 Å². The van der Waals surface area contributed by atoms with E-state index in [2.05, 4.69) is 65.5 Å².